The molecule has 2 N–H and O–H groups in total. The number of nitrogens with two attached hydrogens (primary N) is 1. The van der Waals surface area contributed by atoms with E-state index in [1.165, 1.54) is 37.8 Å². The van der Waals surface area contributed by atoms with E-state index in [1.54, 1.807) is 40.6 Å². The number of amides is 1. The normalized spacial score (nSPS) is 14.5. The van der Waals surface area contributed by atoms with Crippen LogP contribution in [0.25, 0.3) is 11.3 Å². The highest BCUT2D eigenvalue weighted by atomic mass is 32.2. The number of ether oxygens (including phenoxy) is 1. The molecule has 0 unspecified atom stereocenters. The first-order valence-corrected chi connectivity index (χ1v) is 14.4. The summed E-state index contributed by atoms with van der Waals surface area (Å²) in [5.74, 6) is 0.817. The molecule has 2 aromatic heterocycles. The van der Waals surface area contributed by atoms with Gasteiger partial charge in [-0.1, -0.05) is 12.6 Å². The fourth-order valence-electron chi connectivity index (χ4n) is 3.64. The summed E-state index contributed by atoms with van der Waals surface area (Å²) in [7, 11) is 1.71. The van der Waals surface area contributed by atoms with Crippen LogP contribution < -0.4 is 10.6 Å². The van der Waals surface area contributed by atoms with Gasteiger partial charge in [0.05, 0.1) is 17.5 Å². The maximum atomic E-state index is 12.3. The number of thioether (sulfide) groups is 1. The predicted molar refractivity (Wildman–Crippen MR) is 159 cm³/mol. The minimum absolute atomic E-state index is 0.0417. The summed E-state index contributed by atoms with van der Waals surface area (Å²) in [6.07, 6.45) is 9.41. The monoisotopic (exact) mass is 558 g/mol. The van der Waals surface area contributed by atoms with Crippen LogP contribution in [0.4, 0.5) is 10.2 Å². The third-order valence-electron chi connectivity index (χ3n) is 6.04. The molecule has 0 atom stereocenters. The molecule has 4 heterocycles. The molecule has 0 radical (unpaired) electrons. The van der Waals surface area contributed by atoms with Crippen molar-refractivity contribution in [1.29, 1.82) is 0 Å². The lowest BCUT2D eigenvalue weighted by Crippen LogP contribution is -2.20. The van der Waals surface area contributed by atoms with Crippen molar-refractivity contribution in [2.45, 2.75) is 57.0 Å². The van der Waals surface area contributed by atoms with Crippen LogP contribution in [0.5, 0.6) is 0 Å². The molecule has 39 heavy (non-hydrogen) atoms. The van der Waals surface area contributed by atoms with Gasteiger partial charge in [0.2, 0.25) is 6.41 Å². The van der Waals surface area contributed by atoms with E-state index >= 15 is 0 Å². The third-order valence-corrected chi connectivity index (χ3v) is 6.77. The molecule has 1 aromatic carbocycles. The molecule has 0 saturated carbocycles. The van der Waals surface area contributed by atoms with Crippen molar-refractivity contribution in [2.24, 2.45) is 5.73 Å². The molecule has 10 heteroatoms. The molecule has 8 nitrogen and oxygen atoms in total. The van der Waals surface area contributed by atoms with E-state index in [2.05, 4.69) is 21.6 Å². The van der Waals surface area contributed by atoms with Crippen LogP contribution >= 0.6 is 11.8 Å². The van der Waals surface area contributed by atoms with E-state index in [4.69, 9.17) is 10.5 Å². The van der Waals surface area contributed by atoms with E-state index in [0.717, 1.165) is 54.6 Å². The molecule has 3 aromatic rings. The number of methoxy groups -OCH3 is 1. The van der Waals surface area contributed by atoms with Gasteiger partial charge in [-0.3, -0.25) is 4.79 Å². The third kappa shape index (κ3) is 11.3. The number of nitrogens with zero attached hydrogens (tertiary/aromatic N) is 5. The summed E-state index contributed by atoms with van der Waals surface area (Å²) in [6.45, 7) is 13.9. The molecule has 0 bridgehead atoms. The predicted octanol–water partition coefficient (Wildman–Crippen LogP) is 5.48. The van der Waals surface area contributed by atoms with Gasteiger partial charge in [0.25, 0.3) is 0 Å². The molecule has 2 aliphatic heterocycles. The number of benzene rings is 1. The zero-order valence-corrected chi connectivity index (χ0v) is 24.7. The first-order chi connectivity index (χ1) is 18.6. The number of hydrogen-bond acceptors (Lipinski definition) is 7. The topological polar surface area (TPSA) is 89.0 Å². The zero-order valence-electron chi connectivity index (χ0n) is 23.9. The SMILES string of the molecule is C=C(N)c1cnc2ccc(N3CCCC3)nn12.COC(C)(C)C.CSc1cccc(F)c1.O=CN1CCCC1. The van der Waals surface area contributed by atoms with Crippen molar-refractivity contribution < 1.29 is 13.9 Å². The molecule has 0 aliphatic carbocycles. The largest absolute Gasteiger partial charge is 0.397 e. The van der Waals surface area contributed by atoms with E-state index in [1.807, 2.05) is 45.2 Å². The number of hydrogen-bond donors (Lipinski definition) is 1. The van der Waals surface area contributed by atoms with E-state index in [-0.39, 0.29) is 11.4 Å². The van der Waals surface area contributed by atoms with E-state index < -0.39 is 0 Å². The average Bonchev–Trinajstić information content (AvgIpc) is 3.70. The van der Waals surface area contributed by atoms with Crippen LogP contribution in [0.1, 0.15) is 52.1 Å². The van der Waals surface area contributed by atoms with Gasteiger partial charge in [-0.05, 0) is 83.0 Å². The lowest BCUT2D eigenvalue weighted by Gasteiger charge is -2.16. The number of likely N-dealkylation sites (tertiary alicyclic amines) is 1. The van der Waals surface area contributed by atoms with Gasteiger partial charge in [-0.2, -0.15) is 0 Å². The number of fused-ring (bicyclic) bond motifs is 1. The molecule has 1 amide bonds. The summed E-state index contributed by atoms with van der Waals surface area (Å²) in [4.78, 5) is 19.2. The number of carbonyl (C=O) groups is 1. The number of aromatic nitrogens is 3. The Balaban J connectivity index is 0.000000205. The summed E-state index contributed by atoms with van der Waals surface area (Å²) in [5, 5.41) is 4.58. The van der Waals surface area contributed by atoms with Crippen LogP contribution in [-0.4, -0.2) is 71.1 Å². The van der Waals surface area contributed by atoms with Gasteiger partial charge in [0.15, 0.2) is 5.65 Å². The second-order valence-electron chi connectivity index (χ2n) is 10.2. The Hall–Kier alpha value is -3.11. The van der Waals surface area contributed by atoms with E-state index in [0.29, 0.717) is 5.70 Å². The lowest BCUT2D eigenvalue weighted by molar-refractivity contribution is -0.117. The van der Waals surface area contributed by atoms with Crippen LogP contribution in [0.3, 0.4) is 0 Å². The fourth-order valence-corrected chi connectivity index (χ4v) is 4.08. The van der Waals surface area contributed by atoms with Gasteiger partial charge in [0.1, 0.15) is 17.3 Å². The standard InChI is InChI=1S/C12H15N5.C7H7FS.C5H9NO.C5H12O/c1-9(13)10-8-14-11-4-5-12(15-17(10)11)16-6-2-3-7-16;1-9-7-4-2-3-6(8)5-7;7-5-6-3-1-2-4-6;1-5(2,3)6-4/h4-5,8H,1-3,6-7,13H2;2-5H,1H3;5H,1-4H2;1-4H3. The van der Waals surface area contributed by atoms with Crippen LogP contribution in [-0.2, 0) is 9.53 Å². The number of rotatable bonds is 4. The van der Waals surface area contributed by atoms with Gasteiger partial charge >= 0.3 is 0 Å². The zero-order chi connectivity index (χ0) is 28.8. The summed E-state index contributed by atoms with van der Waals surface area (Å²) >= 11 is 1.54. The lowest BCUT2D eigenvalue weighted by atomic mass is 10.2. The molecule has 2 aliphatic rings. The van der Waals surface area contributed by atoms with Crippen LogP contribution in [0.2, 0.25) is 0 Å². The minimum Gasteiger partial charge on any atom is -0.397 e. The van der Waals surface area contributed by atoms with E-state index in [9.17, 15) is 9.18 Å². The smallest absolute Gasteiger partial charge is 0.209 e. The maximum absolute atomic E-state index is 12.3. The second kappa shape index (κ2) is 16.1. The highest BCUT2D eigenvalue weighted by Crippen LogP contribution is 2.19. The molecular formula is C29H43FN6O2S. The Morgan fingerprint density at radius 3 is 2.18 bits per heavy atom. The van der Waals surface area contributed by atoms with Crippen LogP contribution in [0.15, 0.2) is 54.1 Å². The summed E-state index contributed by atoms with van der Waals surface area (Å²) in [5.41, 5.74) is 7.82. The van der Waals surface area contributed by atoms with Crippen molar-refractivity contribution in [3.8, 4) is 0 Å². The Kier molecular flexibility index (Phi) is 13.3. The van der Waals surface area contributed by atoms with Crippen molar-refractivity contribution in [2.75, 3.05) is 44.4 Å². The number of halogens is 1. The van der Waals surface area contributed by atoms with Crippen molar-refractivity contribution in [3.05, 3.63) is 60.7 Å². The quantitative estimate of drug-likeness (QED) is 0.335. The molecule has 2 saturated heterocycles. The van der Waals surface area contributed by atoms with Crippen molar-refractivity contribution in [1.82, 2.24) is 19.5 Å². The summed E-state index contributed by atoms with van der Waals surface area (Å²) in [6, 6.07) is 10.5. The average molecular weight is 559 g/mol. The molecular weight excluding hydrogens is 515 g/mol. The maximum Gasteiger partial charge on any atom is 0.209 e. The second-order valence-corrected chi connectivity index (χ2v) is 11.0. The Morgan fingerprint density at radius 1 is 1.10 bits per heavy atom. The first-order valence-electron chi connectivity index (χ1n) is 13.2. The summed E-state index contributed by atoms with van der Waals surface area (Å²) < 4.78 is 19.0. The Bertz CT molecular complexity index is 1170. The van der Waals surface area contributed by atoms with Gasteiger partial charge < -0.3 is 20.3 Å². The van der Waals surface area contributed by atoms with Crippen molar-refractivity contribution >= 4 is 35.3 Å². The molecule has 214 valence electrons. The van der Waals surface area contributed by atoms with Gasteiger partial charge in [0, 0.05) is 38.2 Å². The highest BCUT2D eigenvalue weighted by Gasteiger charge is 2.15. The van der Waals surface area contributed by atoms with Gasteiger partial charge in [-0.25, -0.2) is 13.9 Å². The molecule has 5 rings (SSSR count). The molecule has 0 spiro atoms. The molecule has 2 fully saturated rings. The Morgan fingerprint density at radius 2 is 1.72 bits per heavy atom. The van der Waals surface area contributed by atoms with Crippen LogP contribution in [0, 0.1) is 5.82 Å². The Labute approximate surface area is 236 Å². The van der Waals surface area contributed by atoms with Gasteiger partial charge in [-0.15, -0.1) is 16.9 Å². The number of anilines is 1. The van der Waals surface area contributed by atoms with Crippen molar-refractivity contribution in [3.63, 3.8) is 0 Å². The minimum atomic E-state index is -0.165. The number of carbonyl (C=O) groups excluding carboxylic acids is 1. The highest BCUT2D eigenvalue weighted by molar-refractivity contribution is 7.98. The first kappa shape index (κ1) is 32.1. The fraction of sp³-hybridized carbons (Fsp3) is 0.483. The number of imidazole rings is 1.